The van der Waals surface area contributed by atoms with Gasteiger partial charge in [-0.25, -0.2) is 4.98 Å². The smallest absolute Gasteiger partial charge is 0.180 e. The summed E-state index contributed by atoms with van der Waals surface area (Å²) < 4.78 is 5.70. The van der Waals surface area contributed by atoms with Crippen LogP contribution in [-0.4, -0.2) is 11.1 Å². The minimum absolute atomic E-state index is 0.189. The van der Waals surface area contributed by atoms with Crippen molar-refractivity contribution in [3.05, 3.63) is 29.1 Å². The van der Waals surface area contributed by atoms with E-state index >= 15 is 0 Å². The van der Waals surface area contributed by atoms with Crippen molar-refractivity contribution >= 4 is 16.5 Å². The highest BCUT2D eigenvalue weighted by Gasteiger charge is 2.07. The van der Waals surface area contributed by atoms with Crippen LogP contribution in [0.25, 0.3) is 11.3 Å². The number of hydrogen-bond acceptors (Lipinski definition) is 4. The standard InChI is InChI=1S/C13H16N2OS/c1-8(2)16-12-5-4-10(6-9(12)3)11-7-17-13(14)15-11/h4-8H,1-3H3,(H2,14,15). The van der Waals surface area contributed by atoms with Gasteiger partial charge in [0.2, 0.25) is 0 Å². The summed E-state index contributed by atoms with van der Waals surface area (Å²) in [4.78, 5) is 4.27. The van der Waals surface area contributed by atoms with Gasteiger partial charge in [-0.15, -0.1) is 11.3 Å². The van der Waals surface area contributed by atoms with E-state index in [2.05, 4.69) is 11.1 Å². The summed E-state index contributed by atoms with van der Waals surface area (Å²) in [5.41, 5.74) is 8.74. The van der Waals surface area contributed by atoms with Gasteiger partial charge in [0.15, 0.2) is 5.13 Å². The van der Waals surface area contributed by atoms with Gasteiger partial charge in [-0.2, -0.15) is 0 Å². The zero-order chi connectivity index (χ0) is 12.4. The first-order valence-corrected chi connectivity index (χ1v) is 6.43. The van der Waals surface area contributed by atoms with E-state index in [1.807, 2.05) is 38.3 Å². The lowest BCUT2D eigenvalue weighted by molar-refractivity contribution is 0.241. The van der Waals surface area contributed by atoms with Crippen LogP contribution in [0.1, 0.15) is 19.4 Å². The highest BCUT2D eigenvalue weighted by atomic mass is 32.1. The minimum atomic E-state index is 0.189. The summed E-state index contributed by atoms with van der Waals surface area (Å²) in [5.74, 6) is 0.923. The van der Waals surface area contributed by atoms with Crippen molar-refractivity contribution < 1.29 is 4.74 Å². The third-order valence-electron chi connectivity index (χ3n) is 2.36. The molecule has 17 heavy (non-hydrogen) atoms. The molecule has 0 aliphatic heterocycles. The molecule has 1 heterocycles. The van der Waals surface area contributed by atoms with Gasteiger partial charge in [0.05, 0.1) is 11.8 Å². The van der Waals surface area contributed by atoms with Crippen molar-refractivity contribution in [3.8, 4) is 17.0 Å². The predicted octanol–water partition coefficient (Wildman–Crippen LogP) is 3.49. The summed E-state index contributed by atoms with van der Waals surface area (Å²) in [7, 11) is 0. The number of nitrogens with two attached hydrogens (primary N) is 1. The molecule has 0 saturated heterocycles. The van der Waals surface area contributed by atoms with Crippen molar-refractivity contribution in [1.82, 2.24) is 4.98 Å². The summed E-state index contributed by atoms with van der Waals surface area (Å²) in [6.07, 6.45) is 0.189. The van der Waals surface area contributed by atoms with Crippen molar-refractivity contribution in [3.63, 3.8) is 0 Å². The number of rotatable bonds is 3. The van der Waals surface area contributed by atoms with Crippen LogP contribution < -0.4 is 10.5 Å². The van der Waals surface area contributed by atoms with Gasteiger partial charge in [0.25, 0.3) is 0 Å². The summed E-state index contributed by atoms with van der Waals surface area (Å²) >= 11 is 1.46. The van der Waals surface area contributed by atoms with Crippen LogP contribution in [0.3, 0.4) is 0 Å². The molecule has 0 spiro atoms. The highest BCUT2D eigenvalue weighted by molar-refractivity contribution is 7.13. The Kier molecular flexibility index (Phi) is 3.33. The number of anilines is 1. The molecule has 0 amide bonds. The largest absolute Gasteiger partial charge is 0.491 e. The fourth-order valence-corrected chi connectivity index (χ4v) is 2.19. The molecule has 0 aliphatic rings. The molecule has 2 aromatic rings. The first kappa shape index (κ1) is 11.9. The third kappa shape index (κ3) is 2.77. The SMILES string of the molecule is Cc1cc(-c2csc(N)n2)ccc1OC(C)C. The second-order valence-electron chi connectivity index (χ2n) is 4.22. The number of nitrogen functional groups attached to an aromatic ring is 1. The number of ether oxygens (including phenoxy) is 1. The fourth-order valence-electron chi connectivity index (χ4n) is 1.62. The maximum atomic E-state index is 5.70. The van der Waals surface area contributed by atoms with Crippen molar-refractivity contribution in [2.45, 2.75) is 26.9 Å². The Bertz CT molecular complexity index is 520. The van der Waals surface area contributed by atoms with Crippen LogP contribution in [-0.2, 0) is 0 Å². The van der Waals surface area contributed by atoms with Crippen LogP contribution in [0.15, 0.2) is 23.6 Å². The molecular weight excluding hydrogens is 232 g/mol. The minimum Gasteiger partial charge on any atom is -0.491 e. The van der Waals surface area contributed by atoms with Gasteiger partial charge in [-0.05, 0) is 44.5 Å². The molecule has 4 heteroatoms. The van der Waals surface area contributed by atoms with Crippen molar-refractivity contribution in [2.24, 2.45) is 0 Å². The van der Waals surface area contributed by atoms with Gasteiger partial charge in [-0.3, -0.25) is 0 Å². The van der Waals surface area contributed by atoms with Crippen LogP contribution in [0.5, 0.6) is 5.75 Å². The molecule has 3 nitrogen and oxygen atoms in total. The molecule has 0 radical (unpaired) electrons. The number of thiazole rings is 1. The average Bonchev–Trinajstić information content (AvgIpc) is 2.67. The zero-order valence-electron chi connectivity index (χ0n) is 10.2. The molecule has 0 unspecified atom stereocenters. The van der Waals surface area contributed by atoms with Crippen molar-refractivity contribution in [2.75, 3.05) is 5.73 Å². The Labute approximate surface area is 105 Å². The normalized spacial score (nSPS) is 10.8. The van der Waals surface area contributed by atoms with E-state index < -0.39 is 0 Å². The first-order chi connectivity index (χ1) is 8.06. The molecule has 90 valence electrons. The van der Waals surface area contributed by atoms with E-state index in [-0.39, 0.29) is 6.10 Å². The Morgan fingerprint density at radius 1 is 1.35 bits per heavy atom. The van der Waals surface area contributed by atoms with E-state index in [0.29, 0.717) is 5.13 Å². The monoisotopic (exact) mass is 248 g/mol. The van der Waals surface area contributed by atoms with E-state index in [0.717, 1.165) is 22.6 Å². The van der Waals surface area contributed by atoms with Crippen molar-refractivity contribution in [1.29, 1.82) is 0 Å². The number of nitrogens with zero attached hydrogens (tertiary/aromatic N) is 1. The Hall–Kier alpha value is -1.55. The fraction of sp³-hybridized carbons (Fsp3) is 0.308. The predicted molar refractivity (Wildman–Crippen MR) is 72.5 cm³/mol. The molecule has 1 aromatic heterocycles. The molecule has 0 bridgehead atoms. The lowest BCUT2D eigenvalue weighted by atomic mass is 10.1. The van der Waals surface area contributed by atoms with E-state index in [1.165, 1.54) is 11.3 Å². The van der Waals surface area contributed by atoms with Crippen LogP contribution in [0, 0.1) is 6.92 Å². The number of hydrogen-bond donors (Lipinski definition) is 1. The molecular formula is C13H16N2OS. The quantitative estimate of drug-likeness (QED) is 0.904. The van der Waals surface area contributed by atoms with E-state index in [4.69, 9.17) is 10.5 Å². The summed E-state index contributed by atoms with van der Waals surface area (Å²) in [5, 5.41) is 2.56. The van der Waals surface area contributed by atoms with Crippen LogP contribution in [0.2, 0.25) is 0 Å². The van der Waals surface area contributed by atoms with Crippen LogP contribution >= 0.6 is 11.3 Å². The third-order valence-corrected chi connectivity index (χ3v) is 3.03. The summed E-state index contributed by atoms with van der Waals surface area (Å²) in [6.45, 7) is 6.08. The van der Waals surface area contributed by atoms with E-state index in [9.17, 15) is 0 Å². The highest BCUT2D eigenvalue weighted by Crippen LogP contribution is 2.28. The van der Waals surface area contributed by atoms with Gasteiger partial charge < -0.3 is 10.5 Å². The molecule has 2 N–H and O–H groups in total. The second kappa shape index (κ2) is 4.75. The molecule has 0 saturated carbocycles. The Morgan fingerprint density at radius 3 is 2.65 bits per heavy atom. The average molecular weight is 248 g/mol. The van der Waals surface area contributed by atoms with Gasteiger partial charge in [-0.1, -0.05) is 0 Å². The molecule has 0 aliphatic carbocycles. The Balaban J connectivity index is 2.30. The Morgan fingerprint density at radius 2 is 2.12 bits per heavy atom. The zero-order valence-corrected chi connectivity index (χ0v) is 11.0. The number of aryl methyl sites for hydroxylation is 1. The number of aromatic nitrogens is 1. The molecule has 0 fully saturated rings. The van der Waals surface area contributed by atoms with Crippen LogP contribution in [0.4, 0.5) is 5.13 Å². The lowest BCUT2D eigenvalue weighted by Gasteiger charge is -2.12. The molecule has 1 aromatic carbocycles. The first-order valence-electron chi connectivity index (χ1n) is 5.55. The summed E-state index contributed by atoms with van der Waals surface area (Å²) in [6, 6.07) is 6.08. The van der Waals surface area contributed by atoms with Gasteiger partial charge in [0.1, 0.15) is 5.75 Å². The molecule has 0 atom stereocenters. The van der Waals surface area contributed by atoms with E-state index in [1.54, 1.807) is 0 Å². The second-order valence-corrected chi connectivity index (χ2v) is 5.11. The van der Waals surface area contributed by atoms with Gasteiger partial charge >= 0.3 is 0 Å². The topological polar surface area (TPSA) is 48.1 Å². The lowest BCUT2D eigenvalue weighted by Crippen LogP contribution is -2.06. The molecule has 2 rings (SSSR count). The van der Waals surface area contributed by atoms with Gasteiger partial charge in [0, 0.05) is 10.9 Å². The maximum Gasteiger partial charge on any atom is 0.180 e. The number of benzene rings is 1. The maximum absolute atomic E-state index is 5.70.